The summed E-state index contributed by atoms with van der Waals surface area (Å²) in [4.78, 5) is 23.3. The van der Waals surface area contributed by atoms with E-state index in [-0.39, 0.29) is 0 Å². The van der Waals surface area contributed by atoms with Crippen molar-refractivity contribution in [3.63, 3.8) is 0 Å². The summed E-state index contributed by atoms with van der Waals surface area (Å²) in [6, 6.07) is 4.74. The van der Waals surface area contributed by atoms with E-state index >= 15 is 0 Å². The Morgan fingerprint density at radius 3 is 1.84 bits per heavy atom. The zero-order valence-corrected chi connectivity index (χ0v) is 13.6. The molecule has 0 aliphatic heterocycles. The number of hydrogen-bond acceptors (Lipinski definition) is 7. The lowest BCUT2D eigenvalue weighted by Crippen LogP contribution is -2.26. The van der Waals surface area contributed by atoms with Crippen molar-refractivity contribution in [2.45, 2.75) is 9.79 Å². The highest BCUT2D eigenvalue weighted by atomic mass is 32.2. The molecule has 0 heterocycles. The van der Waals surface area contributed by atoms with Gasteiger partial charge < -0.3 is 5.11 Å². The predicted molar refractivity (Wildman–Crippen MR) is 81.0 cm³/mol. The van der Waals surface area contributed by atoms with E-state index in [1.54, 1.807) is 0 Å². The first-order chi connectivity index (χ1) is 11.4. The van der Waals surface area contributed by atoms with E-state index < -0.39 is 69.6 Å². The minimum atomic E-state index is -5.06. The molecule has 2 aromatic carbocycles. The SMILES string of the molecule is O=C1c2ccc(O)c(S(=O)(=O)O)c2C(=O)c2cccc(S(=O)(=O)O)c21. The molecule has 1 aliphatic carbocycles. The van der Waals surface area contributed by atoms with Crippen molar-refractivity contribution in [3.8, 4) is 5.75 Å². The summed E-state index contributed by atoms with van der Waals surface area (Å²) >= 11 is 0. The van der Waals surface area contributed by atoms with Crippen LogP contribution >= 0.6 is 0 Å². The molecule has 3 rings (SSSR count). The van der Waals surface area contributed by atoms with Crippen LogP contribution in [-0.4, -0.2) is 42.6 Å². The van der Waals surface area contributed by atoms with Crippen molar-refractivity contribution in [3.05, 3.63) is 52.6 Å². The number of carbonyl (C=O) groups excluding carboxylic acids is 2. The maximum atomic E-state index is 12.6. The van der Waals surface area contributed by atoms with Gasteiger partial charge in [-0.05, 0) is 18.2 Å². The highest BCUT2D eigenvalue weighted by Gasteiger charge is 2.39. The second-order valence-corrected chi connectivity index (χ2v) is 7.87. The van der Waals surface area contributed by atoms with Gasteiger partial charge in [0.15, 0.2) is 11.6 Å². The van der Waals surface area contributed by atoms with Crippen molar-refractivity contribution < 1.29 is 40.6 Å². The van der Waals surface area contributed by atoms with E-state index in [0.29, 0.717) is 0 Å². The van der Waals surface area contributed by atoms with Crippen LogP contribution in [0.5, 0.6) is 5.75 Å². The van der Waals surface area contributed by atoms with Gasteiger partial charge >= 0.3 is 0 Å². The number of benzene rings is 2. The van der Waals surface area contributed by atoms with Crippen molar-refractivity contribution in [1.82, 2.24) is 0 Å². The van der Waals surface area contributed by atoms with Gasteiger partial charge in [-0.1, -0.05) is 12.1 Å². The van der Waals surface area contributed by atoms with Crippen LogP contribution in [0.2, 0.25) is 0 Å². The molecule has 0 saturated heterocycles. The Morgan fingerprint density at radius 1 is 0.720 bits per heavy atom. The van der Waals surface area contributed by atoms with Crippen LogP contribution in [0.3, 0.4) is 0 Å². The molecule has 3 N–H and O–H groups in total. The Balaban J connectivity index is 2.47. The van der Waals surface area contributed by atoms with E-state index in [1.165, 1.54) is 0 Å². The number of rotatable bonds is 2. The average Bonchev–Trinajstić information content (AvgIpc) is 2.49. The van der Waals surface area contributed by atoms with Gasteiger partial charge in [-0.3, -0.25) is 18.7 Å². The quantitative estimate of drug-likeness (QED) is 0.538. The monoisotopic (exact) mass is 384 g/mol. The first-order valence-electron chi connectivity index (χ1n) is 6.48. The molecule has 0 spiro atoms. The number of carbonyl (C=O) groups is 2. The lowest BCUT2D eigenvalue weighted by molar-refractivity contribution is 0.0973. The molecule has 1 aliphatic rings. The summed E-state index contributed by atoms with van der Waals surface area (Å²) in [6.07, 6.45) is 0. The van der Waals surface area contributed by atoms with Crippen LogP contribution in [0.25, 0.3) is 0 Å². The predicted octanol–water partition coefficient (Wildman–Crippen LogP) is 0.661. The molecular weight excluding hydrogens is 376 g/mol. The molecule has 0 saturated carbocycles. The van der Waals surface area contributed by atoms with Crippen LogP contribution in [0.1, 0.15) is 31.8 Å². The van der Waals surface area contributed by atoms with Crippen LogP contribution in [0.15, 0.2) is 40.1 Å². The second-order valence-electron chi connectivity index (χ2n) is 5.12. The lowest BCUT2D eigenvalue weighted by Gasteiger charge is -2.21. The van der Waals surface area contributed by atoms with Crippen molar-refractivity contribution >= 4 is 31.8 Å². The van der Waals surface area contributed by atoms with E-state index in [1.807, 2.05) is 0 Å². The Kier molecular flexibility index (Phi) is 3.58. The van der Waals surface area contributed by atoms with Crippen LogP contribution in [0, 0.1) is 0 Å². The molecule has 2 aromatic rings. The molecular formula is C14H8O9S2. The molecule has 130 valence electrons. The molecule has 0 fully saturated rings. The maximum absolute atomic E-state index is 12.6. The van der Waals surface area contributed by atoms with E-state index in [9.17, 15) is 40.6 Å². The van der Waals surface area contributed by atoms with Gasteiger partial charge in [0.2, 0.25) is 0 Å². The van der Waals surface area contributed by atoms with Crippen LogP contribution in [0.4, 0.5) is 0 Å². The lowest BCUT2D eigenvalue weighted by atomic mass is 9.84. The first kappa shape index (κ1) is 17.2. The van der Waals surface area contributed by atoms with E-state index in [4.69, 9.17) is 0 Å². The smallest absolute Gasteiger partial charge is 0.298 e. The topological polar surface area (TPSA) is 163 Å². The minimum absolute atomic E-state index is 0.483. The second kappa shape index (κ2) is 5.20. The summed E-state index contributed by atoms with van der Waals surface area (Å²) in [7, 11) is -9.90. The third-order valence-corrected chi connectivity index (χ3v) is 5.47. The number of hydrogen-bond donors (Lipinski definition) is 3. The Labute approximate surface area is 141 Å². The molecule has 25 heavy (non-hydrogen) atoms. The highest BCUT2D eigenvalue weighted by molar-refractivity contribution is 7.86. The normalized spacial score (nSPS) is 14.2. The largest absolute Gasteiger partial charge is 0.506 e. The maximum Gasteiger partial charge on any atom is 0.298 e. The van der Waals surface area contributed by atoms with Gasteiger partial charge in [-0.25, -0.2) is 0 Å². The number of aromatic hydroxyl groups is 1. The Hall–Kier alpha value is -2.60. The van der Waals surface area contributed by atoms with Gasteiger partial charge in [-0.2, -0.15) is 16.8 Å². The van der Waals surface area contributed by atoms with Crippen molar-refractivity contribution in [1.29, 1.82) is 0 Å². The first-order valence-corrected chi connectivity index (χ1v) is 9.36. The Morgan fingerprint density at radius 2 is 1.28 bits per heavy atom. The fourth-order valence-corrected chi connectivity index (χ4v) is 4.19. The average molecular weight is 384 g/mol. The molecule has 0 aromatic heterocycles. The fourth-order valence-electron chi connectivity index (χ4n) is 2.69. The van der Waals surface area contributed by atoms with Gasteiger partial charge in [0.05, 0.1) is 11.1 Å². The molecule has 0 unspecified atom stereocenters. The number of phenols is 1. The summed E-state index contributed by atoms with van der Waals surface area (Å²) in [5.41, 5.74) is -2.40. The third-order valence-electron chi connectivity index (χ3n) is 3.64. The summed E-state index contributed by atoms with van der Waals surface area (Å²) in [5.74, 6) is -3.10. The van der Waals surface area contributed by atoms with Crippen molar-refractivity contribution in [2.75, 3.05) is 0 Å². The summed E-state index contributed by atoms with van der Waals surface area (Å²) < 4.78 is 64.5. The Bertz CT molecular complexity index is 1180. The molecule has 0 amide bonds. The number of phenolic OH excluding ortho intramolecular Hbond substituents is 1. The summed E-state index contributed by atoms with van der Waals surface area (Å²) in [5, 5.41) is 9.70. The van der Waals surface area contributed by atoms with Gasteiger partial charge in [0.25, 0.3) is 20.2 Å². The number of fused-ring (bicyclic) bond motifs is 2. The number of ketones is 2. The molecule has 11 heteroatoms. The fraction of sp³-hybridized carbons (Fsp3) is 0. The third kappa shape index (κ3) is 2.53. The zero-order chi connectivity index (χ0) is 18.7. The van der Waals surface area contributed by atoms with E-state index in [2.05, 4.69) is 0 Å². The standard InChI is InChI=1S/C14H8O9S2/c15-8-5-4-7-11(14(8)25(21,22)23)13(17)6-2-1-3-9(24(18,19)20)10(6)12(7)16/h1-5,15H,(H,18,19,20)(H,21,22,23). The van der Waals surface area contributed by atoms with E-state index in [0.717, 1.165) is 30.3 Å². The zero-order valence-electron chi connectivity index (χ0n) is 12.0. The van der Waals surface area contributed by atoms with Gasteiger partial charge in [0, 0.05) is 11.1 Å². The van der Waals surface area contributed by atoms with Gasteiger partial charge in [0.1, 0.15) is 15.5 Å². The van der Waals surface area contributed by atoms with Crippen molar-refractivity contribution in [2.24, 2.45) is 0 Å². The molecule has 0 bridgehead atoms. The van der Waals surface area contributed by atoms with Gasteiger partial charge in [-0.15, -0.1) is 0 Å². The highest BCUT2D eigenvalue weighted by Crippen LogP contribution is 2.37. The minimum Gasteiger partial charge on any atom is -0.506 e. The molecule has 0 radical (unpaired) electrons. The van der Waals surface area contributed by atoms with Crippen LogP contribution < -0.4 is 0 Å². The van der Waals surface area contributed by atoms with Crippen LogP contribution in [-0.2, 0) is 20.2 Å². The molecule has 9 nitrogen and oxygen atoms in total. The summed E-state index contributed by atoms with van der Waals surface area (Å²) in [6.45, 7) is 0. The molecule has 0 atom stereocenters.